The van der Waals surface area contributed by atoms with Crippen LogP contribution in [0.15, 0.2) is 35.5 Å². The molecule has 0 unspecified atom stereocenters. The molecule has 8 atom stereocenters. The Kier molecular flexibility index (Phi) is 7.81. The zero-order chi connectivity index (χ0) is 23.8. The first kappa shape index (κ1) is 25.7. The van der Waals surface area contributed by atoms with Crippen molar-refractivity contribution in [3.8, 4) is 0 Å². The maximum absolute atomic E-state index is 11.0. The van der Waals surface area contributed by atoms with Crippen molar-refractivity contribution in [1.29, 1.82) is 0 Å². The predicted molar refractivity (Wildman–Crippen MR) is 130 cm³/mol. The summed E-state index contributed by atoms with van der Waals surface area (Å²) < 4.78 is 0. The van der Waals surface area contributed by atoms with Gasteiger partial charge in [-0.1, -0.05) is 45.1 Å². The average molecular weight is 447 g/mol. The van der Waals surface area contributed by atoms with Gasteiger partial charge in [0.1, 0.15) is 0 Å². The highest BCUT2D eigenvalue weighted by molar-refractivity contribution is 5.38. The van der Waals surface area contributed by atoms with E-state index in [4.69, 9.17) is 0 Å². The standard InChI is InChI=1S/C28H46O4/c1-17(27(4,5)32)14-25(30)19(3)23-11-12-24-20(8-7-13-28(23,24)6)9-10-21-15-22(29)16-26(31)18(21)2/h9-10,17,19,22-26,29-32H,2,7-8,11-16H2,1,3-6H3/b20-9+,21-10+/t17-,19-,22+,23+,24-,25-,26-,28+/m0/s1. The van der Waals surface area contributed by atoms with Gasteiger partial charge in [0.2, 0.25) is 0 Å². The summed E-state index contributed by atoms with van der Waals surface area (Å²) >= 11 is 0. The summed E-state index contributed by atoms with van der Waals surface area (Å²) in [6, 6.07) is 0. The Hall–Kier alpha value is -0.940. The molecule has 0 amide bonds. The van der Waals surface area contributed by atoms with Crippen molar-refractivity contribution >= 4 is 0 Å². The quantitative estimate of drug-likeness (QED) is 0.467. The molecular weight excluding hydrogens is 400 g/mol. The number of hydrogen-bond donors (Lipinski definition) is 4. The largest absolute Gasteiger partial charge is 0.393 e. The topological polar surface area (TPSA) is 80.9 Å². The van der Waals surface area contributed by atoms with Gasteiger partial charge in [-0.15, -0.1) is 0 Å². The SMILES string of the molecule is C=C1/C(=C/C=C2\CCC[C@]3(C)[C@@H]([C@H](C)[C@@H](O)C[C@H](C)C(C)(C)O)CC[C@@H]23)C[C@@H](O)C[C@@H]1O. The van der Waals surface area contributed by atoms with Gasteiger partial charge >= 0.3 is 0 Å². The molecule has 0 bridgehead atoms. The van der Waals surface area contributed by atoms with Crippen LogP contribution in [0, 0.1) is 29.1 Å². The van der Waals surface area contributed by atoms with Crippen LogP contribution >= 0.6 is 0 Å². The van der Waals surface area contributed by atoms with E-state index in [1.54, 1.807) is 0 Å². The second-order valence-corrected chi connectivity index (χ2v) is 11.9. The van der Waals surface area contributed by atoms with Gasteiger partial charge in [-0.25, -0.2) is 0 Å². The van der Waals surface area contributed by atoms with Crippen LogP contribution in [0.3, 0.4) is 0 Å². The third kappa shape index (κ3) is 5.24. The van der Waals surface area contributed by atoms with E-state index in [2.05, 4.69) is 32.6 Å². The molecule has 3 aliphatic carbocycles. The van der Waals surface area contributed by atoms with Crippen molar-refractivity contribution in [1.82, 2.24) is 0 Å². The molecule has 32 heavy (non-hydrogen) atoms. The van der Waals surface area contributed by atoms with Crippen LogP contribution in [-0.4, -0.2) is 44.3 Å². The molecule has 0 heterocycles. The first-order chi connectivity index (χ1) is 14.8. The molecule has 0 aromatic rings. The summed E-state index contributed by atoms with van der Waals surface area (Å²) in [5.74, 6) is 1.25. The molecule has 182 valence electrons. The van der Waals surface area contributed by atoms with Crippen LogP contribution in [0.5, 0.6) is 0 Å². The zero-order valence-corrected chi connectivity index (χ0v) is 20.8. The van der Waals surface area contributed by atoms with Gasteiger partial charge in [0.15, 0.2) is 0 Å². The van der Waals surface area contributed by atoms with Crippen LogP contribution in [0.1, 0.15) is 86.0 Å². The van der Waals surface area contributed by atoms with E-state index >= 15 is 0 Å². The molecule has 0 aliphatic heterocycles. The smallest absolute Gasteiger partial charge is 0.0811 e. The first-order valence-electron chi connectivity index (χ1n) is 12.7. The Morgan fingerprint density at radius 2 is 1.88 bits per heavy atom. The van der Waals surface area contributed by atoms with Gasteiger partial charge in [-0.05, 0) is 99.0 Å². The Bertz CT molecular complexity index is 745. The van der Waals surface area contributed by atoms with E-state index in [1.165, 1.54) is 12.0 Å². The molecule has 3 aliphatic rings. The van der Waals surface area contributed by atoms with Gasteiger partial charge in [0.25, 0.3) is 0 Å². The van der Waals surface area contributed by atoms with Gasteiger partial charge in [0.05, 0.1) is 23.9 Å². The minimum Gasteiger partial charge on any atom is -0.393 e. The predicted octanol–water partition coefficient (Wildman–Crippen LogP) is 4.92. The molecular formula is C28H46O4. The molecule has 3 rings (SSSR count). The number of fused-ring (bicyclic) bond motifs is 1. The molecule has 0 aromatic carbocycles. The van der Waals surface area contributed by atoms with Gasteiger partial charge < -0.3 is 20.4 Å². The number of hydrogen-bond acceptors (Lipinski definition) is 4. The Labute approximate surface area is 195 Å². The minimum absolute atomic E-state index is 0.0488. The van der Waals surface area contributed by atoms with Crippen molar-refractivity contribution in [3.05, 3.63) is 35.5 Å². The van der Waals surface area contributed by atoms with Gasteiger partial charge in [-0.3, -0.25) is 0 Å². The number of aliphatic hydroxyl groups excluding tert-OH is 3. The van der Waals surface area contributed by atoms with Crippen molar-refractivity contribution in [3.63, 3.8) is 0 Å². The summed E-state index contributed by atoms with van der Waals surface area (Å²) in [7, 11) is 0. The van der Waals surface area contributed by atoms with Crippen molar-refractivity contribution < 1.29 is 20.4 Å². The molecule has 4 nitrogen and oxygen atoms in total. The maximum Gasteiger partial charge on any atom is 0.0811 e. The summed E-state index contributed by atoms with van der Waals surface area (Å²) in [6.45, 7) is 14.3. The average Bonchev–Trinajstić information content (AvgIpc) is 3.05. The zero-order valence-electron chi connectivity index (χ0n) is 20.8. The van der Waals surface area contributed by atoms with Crippen LogP contribution in [0.2, 0.25) is 0 Å². The highest BCUT2D eigenvalue weighted by Gasteiger charge is 2.51. The van der Waals surface area contributed by atoms with E-state index in [0.717, 1.165) is 36.8 Å². The second-order valence-electron chi connectivity index (χ2n) is 11.9. The fourth-order valence-corrected chi connectivity index (χ4v) is 6.74. The van der Waals surface area contributed by atoms with Crippen molar-refractivity contribution in [2.24, 2.45) is 29.1 Å². The Balaban J connectivity index is 1.75. The second kappa shape index (κ2) is 9.74. The van der Waals surface area contributed by atoms with Crippen LogP contribution < -0.4 is 0 Å². The summed E-state index contributed by atoms with van der Waals surface area (Å²) in [4.78, 5) is 0. The number of allylic oxidation sites excluding steroid dienone is 3. The normalized spacial score (nSPS) is 39.2. The summed E-state index contributed by atoms with van der Waals surface area (Å²) in [5.41, 5.74) is 2.59. The third-order valence-corrected chi connectivity index (χ3v) is 9.34. The van der Waals surface area contributed by atoms with Crippen LogP contribution in [-0.2, 0) is 0 Å². The number of aliphatic hydroxyl groups is 4. The van der Waals surface area contributed by atoms with Gasteiger partial charge in [-0.2, -0.15) is 0 Å². The lowest BCUT2D eigenvalue weighted by Gasteiger charge is -2.45. The fourth-order valence-electron chi connectivity index (χ4n) is 6.74. The van der Waals surface area contributed by atoms with Crippen LogP contribution in [0.25, 0.3) is 0 Å². The molecule has 4 heteroatoms. The van der Waals surface area contributed by atoms with Gasteiger partial charge in [0, 0.05) is 6.42 Å². The summed E-state index contributed by atoms with van der Waals surface area (Å²) in [6.07, 6.45) is 10.1. The lowest BCUT2D eigenvalue weighted by atomic mass is 9.60. The van der Waals surface area contributed by atoms with E-state index in [9.17, 15) is 20.4 Å². The van der Waals surface area contributed by atoms with Crippen molar-refractivity contribution in [2.45, 2.75) is 110 Å². The lowest BCUT2D eigenvalue weighted by Crippen LogP contribution is -2.41. The molecule has 0 saturated heterocycles. The molecule has 0 aromatic heterocycles. The summed E-state index contributed by atoms with van der Waals surface area (Å²) in [5, 5.41) is 41.6. The van der Waals surface area contributed by atoms with Crippen molar-refractivity contribution in [2.75, 3.05) is 0 Å². The minimum atomic E-state index is -0.776. The van der Waals surface area contributed by atoms with E-state index in [-0.39, 0.29) is 17.3 Å². The molecule has 4 N–H and O–H groups in total. The fraction of sp³-hybridized carbons (Fsp3) is 0.786. The monoisotopic (exact) mass is 446 g/mol. The Morgan fingerprint density at radius 3 is 2.53 bits per heavy atom. The highest BCUT2D eigenvalue weighted by atomic mass is 16.3. The first-order valence-corrected chi connectivity index (χ1v) is 12.7. The molecule has 3 fully saturated rings. The molecule has 0 spiro atoms. The number of rotatable bonds is 6. The maximum atomic E-state index is 11.0. The van der Waals surface area contributed by atoms with E-state index < -0.39 is 23.9 Å². The Morgan fingerprint density at radius 1 is 1.19 bits per heavy atom. The van der Waals surface area contributed by atoms with Crippen LogP contribution in [0.4, 0.5) is 0 Å². The third-order valence-electron chi connectivity index (χ3n) is 9.34. The van der Waals surface area contributed by atoms with E-state index in [0.29, 0.717) is 31.1 Å². The molecule has 0 radical (unpaired) electrons. The lowest BCUT2D eigenvalue weighted by molar-refractivity contribution is -0.0302. The highest BCUT2D eigenvalue weighted by Crippen LogP contribution is 2.60. The van der Waals surface area contributed by atoms with E-state index in [1.807, 2.05) is 20.8 Å². The molecule has 3 saturated carbocycles.